The van der Waals surface area contributed by atoms with Crippen molar-refractivity contribution in [1.82, 2.24) is 0 Å². The van der Waals surface area contributed by atoms with Crippen LogP contribution in [-0.2, 0) is 0 Å². The minimum absolute atomic E-state index is 0.179. The van der Waals surface area contributed by atoms with E-state index in [9.17, 15) is 5.11 Å². The number of hydrogen-bond donors (Lipinski definition) is 2. The lowest BCUT2D eigenvalue weighted by Crippen LogP contribution is -2.35. The fourth-order valence-electron chi connectivity index (χ4n) is 3.29. The summed E-state index contributed by atoms with van der Waals surface area (Å²) in [6, 6.07) is 0. The van der Waals surface area contributed by atoms with Crippen LogP contribution < -0.4 is 0 Å². The summed E-state index contributed by atoms with van der Waals surface area (Å²) in [5.41, 5.74) is 0.527. The Morgan fingerprint density at radius 3 is 2.17 bits per heavy atom. The molecular weight excluding hydrogens is 168 g/mol. The van der Waals surface area contributed by atoms with Crippen LogP contribution in [-0.4, -0.2) is 16.5 Å². The maximum Gasteiger partial charge on any atom is 0.0695 e. The average Bonchev–Trinajstić information content (AvgIpc) is 2.26. The van der Waals surface area contributed by atoms with Crippen LogP contribution in [0, 0.1) is 16.7 Å². The number of hydrogen-bond acceptors (Lipinski definition) is 2. The van der Waals surface area contributed by atoms with Crippen LogP contribution >= 0.6 is 12.6 Å². The van der Waals surface area contributed by atoms with Crippen LogP contribution in [0.1, 0.15) is 33.6 Å². The van der Waals surface area contributed by atoms with E-state index >= 15 is 0 Å². The first-order chi connectivity index (χ1) is 5.41. The Kier molecular flexibility index (Phi) is 1.64. The molecule has 2 rings (SSSR count). The first-order valence-corrected chi connectivity index (χ1v) is 5.29. The second kappa shape index (κ2) is 2.21. The summed E-state index contributed by atoms with van der Waals surface area (Å²) in [5.74, 6) is 0.477. The molecule has 2 bridgehead atoms. The van der Waals surface area contributed by atoms with E-state index in [0.29, 0.717) is 5.92 Å². The van der Waals surface area contributed by atoms with Crippen LogP contribution in [0.2, 0.25) is 0 Å². The van der Waals surface area contributed by atoms with Gasteiger partial charge in [0.2, 0.25) is 0 Å². The van der Waals surface area contributed by atoms with Gasteiger partial charge in [0.25, 0.3) is 0 Å². The Bertz CT molecular complexity index is 214. The van der Waals surface area contributed by atoms with Crippen LogP contribution in [0.3, 0.4) is 0 Å². The van der Waals surface area contributed by atoms with E-state index < -0.39 is 0 Å². The van der Waals surface area contributed by atoms with E-state index in [1.54, 1.807) is 0 Å². The summed E-state index contributed by atoms with van der Waals surface area (Å²) < 4.78 is 0. The summed E-state index contributed by atoms with van der Waals surface area (Å²) in [6.07, 6.45) is 2.24. The van der Waals surface area contributed by atoms with Crippen molar-refractivity contribution < 1.29 is 5.11 Å². The fourth-order valence-corrected chi connectivity index (χ4v) is 3.96. The largest absolute Gasteiger partial charge is 0.392 e. The molecule has 0 amide bonds. The predicted molar refractivity (Wildman–Crippen MR) is 53.4 cm³/mol. The van der Waals surface area contributed by atoms with Gasteiger partial charge in [-0.2, -0.15) is 12.6 Å². The molecule has 4 atom stereocenters. The molecule has 2 aliphatic rings. The van der Waals surface area contributed by atoms with Gasteiger partial charge in [-0.15, -0.1) is 0 Å². The molecule has 1 nitrogen and oxygen atoms in total. The molecule has 0 aromatic carbocycles. The molecule has 2 saturated carbocycles. The molecule has 2 heteroatoms. The van der Waals surface area contributed by atoms with E-state index in [2.05, 4.69) is 33.4 Å². The first-order valence-electron chi connectivity index (χ1n) is 4.77. The smallest absolute Gasteiger partial charge is 0.0695 e. The Morgan fingerprint density at radius 2 is 1.92 bits per heavy atom. The predicted octanol–water partition coefficient (Wildman–Crippen LogP) is 2.10. The first kappa shape index (κ1) is 8.89. The zero-order valence-corrected chi connectivity index (χ0v) is 8.94. The molecule has 0 radical (unpaired) electrons. The van der Waals surface area contributed by atoms with E-state index in [-0.39, 0.29) is 22.2 Å². The molecule has 12 heavy (non-hydrogen) atoms. The molecule has 0 unspecified atom stereocenters. The summed E-state index contributed by atoms with van der Waals surface area (Å²) in [6.45, 7) is 6.84. The van der Waals surface area contributed by atoms with Gasteiger partial charge in [0.05, 0.1) is 6.10 Å². The quantitative estimate of drug-likeness (QED) is 0.555. The maximum absolute atomic E-state index is 9.91. The van der Waals surface area contributed by atoms with Crippen LogP contribution in [0.25, 0.3) is 0 Å². The highest BCUT2D eigenvalue weighted by Crippen LogP contribution is 2.66. The summed E-state index contributed by atoms with van der Waals surface area (Å²) in [7, 11) is 0. The van der Waals surface area contributed by atoms with Gasteiger partial charge in [0, 0.05) is 5.25 Å². The average molecular weight is 186 g/mol. The van der Waals surface area contributed by atoms with E-state index in [0.717, 1.165) is 0 Å². The van der Waals surface area contributed by atoms with Crippen molar-refractivity contribution >= 4 is 12.6 Å². The van der Waals surface area contributed by atoms with Gasteiger partial charge in [-0.25, -0.2) is 0 Å². The molecule has 70 valence electrons. The standard InChI is InChI=1S/C10H18OS/c1-9(2)6-4-5-10(9,3)8(12)7(6)11/h6-8,11-12H,4-5H2,1-3H3/t6-,7-,8+,10+/m0/s1. The van der Waals surface area contributed by atoms with Gasteiger partial charge >= 0.3 is 0 Å². The summed E-state index contributed by atoms with van der Waals surface area (Å²) in [5, 5.41) is 10.1. The Balaban J connectivity index is 2.44. The Morgan fingerprint density at radius 1 is 1.33 bits per heavy atom. The van der Waals surface area contributed by atoms with Gasteiger partial charge in [0.15, 0.2) is 0 Å². The lowest BCUT2D eigenvalue weighted by atomic mass is 9.71. The minimum Gasteiger partial charge on any atom is -0.392 e. The third kappa shape index (κ3) is 0.717. The van der Waals surface area contributed by atoms with Crippen molar-refractivity contribution in [3.63, 3.8) is 0 Å². The molecule has 2 fully saturated rings. The molecule has 0 aromatic rings. The summed E-state index contributed by atoms with van der Waals surface area (Å²) in [4.78, 5) is 0. The highest BCUT2D eigenvalue weighted by molar-refractivity contribution is 7.81. The van der Waals surface area contributed by atoms with Crippen molar-refractivity contribution in [2.45, 2.75) is 45.0 Å². The highest BCUT2D eigenvalue weighted by Gasteiger charge is 2.64. The van der Waals surface area contributed by atoms with Gasteiger partial charge < -0.3 is 5.11 Å². The normalized spacial score (nSPS) is 56.2. The second-order valence-electron chi connectivity index (χ2n) is 5.22. The number of aliphatic hydroxyl groups excluding tert-OH is 1. The minimum atomic E-state index is -0.179. The van der Waals surface area contributed by atoms with Crippen molar-refractivity contribution in [2.24, 2.45) is 16.7 Å². The van der Waals surface area contributed by atoms with Crippen molar-refractivity contribution in [1.29, 1.82) is 0 Å². The Hall–Kier alpha value is 0.310. The van der Waals surface area contributed by atoms with Crippen LogP contribution in [0.15, 0.2) is 0 Å². The zero-order chi connectivity index (χ0) is 9.15. The van der Waals surface area contributed by atoms with E-state index in [4.69, 9.17) is 0 Å². The number of rotatable bonds is 0. The molecule has 0 spiro atoms. The van der Waals surface area contributed by atoms with Gasteiger partial charge in [-0.1, -0.05) is 20.8 Å². The van der Waals surface area contributed by atoms with E-state index in [1.807, 2.05) is 0 Å². The SMILES string of the molecule is CC1(C)[C@H]2CC[C@]1(C)[C@H](S)[C@H]2O. The van der Waals surface area contributed by atoms with Crippen molar-refractivity contribution in [2.75, 3.05) is 0 Å². The molecule has 1 N–H and O–H groups in total. The monoisotopic (exact) mass is 186 g/mol. The zero-order valence-electron chi connectivity index (χ0n) is 8.04. The number of aliphatic hydroxyl groups is 1. The summed E-state index contributed by atoms with van der Waals surface area (Å²) >= 11 is 4.54. The van der Waals surface area contributed by atoms with Gasteiger partial charge in [-0.05, 0) is 29.6 Å². The van der Waals surface area contributed by atoms with Crippen molar-refractivity contribution in [3.05, 3.63) is 0 Å². The lowest BCUT2D eigenvalue weighted by molar-refractivity contribution is 0.0986. The maximum atomic E-state index is 9.91. The molecule has 0 saturated heterocycles. The lowest BCUT2D eigenvalue weighted by Gasteiger charge is -2.37. The molecule has 0 aliphatic heterocycles. The molecule has 2 aliphatic carbocycles. The third-order valence-corrected chi connectivity index (χ3v) is 5.64. The van der Waals surface area contributed by atoms with Crippen molar-refractivity contribution in [3.8, 4) is 0 Å². The molecule has 0 aromatic heterocycles. The second-order valence-corrected chi connectivity index (χ2v) is 5.78. The molecule has 0 heterocycles. The highest BCUT2D eigenvalue weighted by atomic mass is 32.1. The topological polar surface area (TPSA) is 20.2 Å². The number of fused-ring (bicyclic) bond motifs is 2. The Labute approximate surface area is 80.0 Å². The van der Waals surface area contributed by atoms with Crippen LogP contribution in [0.4, 0.5) is 0 Å². The third-order valence-electron chi connectivity index (χ3n) is 4.76. The van der Waals surface area contributed by atoms with Gasteiger partial charge in [0.1, 0.15) is 0 Å². The van der Waals surface area contributed by atoms with Crippen LogP contribution in [0.5, 0.6) is 0 Å². The van der Waals surface area contributed by atoms with E-state index in [1.165, 1.54) is 12.8 Å². The number of thiol groups is 1. The van der Waals surface area contributed by atoms with Gasteiger partial charge in [-0.3, -0.25) is 0 Å². The molecular formula is C10H18OS. The fraction of sp³-hybridized carbons (Fsp3) is 1.00.